The second-order valence-corrected chi connectivity index (χ2v) is 10.8. The van der Waals surface area contributed by atoms with E-state index in [2.05, 4.69) is 4.98 Å². The van der Waals surface area contributed by atoms with E-state index in [-0.39, 0.29) is 25.2 Å². The van der Waals surface area contributed by atoms with Crippen molar-refractivity contribution in [1.82, 2.24) is 4.98 Å². The molecule has 1 aliphatic rings. The van der Waals surface area contributed by atoms with E-state index in [1.54, 1.807) is 0 Å². The van der Waals surface area contributed by atoms with E-state index < -0.39 is 54.9 Å². The number of nitrogens with zero attached hydrogens (tertiary/aromatic N) is 2. The standard InChI is InChI=1S/C21H20F6N2O3S/c1-19(2,33(31,32)15-6-3-5-14(11-15)20(22,23)24)13-9-10-29(18(30)12-13)17-8-4-7-16(28-17)21(25,26)27/h3-8,11,13H,9-10,12H2,1-2H3. The molecule has 2 aromatic rings. The molecular formula is C21H20F6N2O3S. The Labute approximate surface area is 186 Å². The van der Waals surface area contributed by atoms with Crippen LogP contribution >= 0.6 is 0 Å². The molecule has 1 aromatic heterocycles. The molecule has 33 heavy (non-hydrogen) atoms. The summed E-state index contributed by atoms with van der Waals surface area (Å²) in [4.78, 5) is 16.7. The highest BCUT2D eigenvalue weighted by Gasteiger charge is 2.46. The lowest BCUT2D eigenvalue weighted by Gasteiger charge is -2.39. The second-order valence-electron chi connectivity index (χ2n) is 8.25. The molecule has 1 amide bonds. The van der Waals surface area contributed by atoms with E-state index in [1.807, 2.05) is 0 Å². The van der Waals surface area contributed by atoms with Crippen LogP contribution in [0.4, 0.5) is 32.2 Å². The molecule has 0 N–H and O–H groups in total. The Morgan fingerprint density at radius 1 is 0.970 bits per heavy atom. The SMILES string of the molecule is CC(C)(C1CCN(c2cccc(C(F)(F)F)n2)C(=O)C1)S(=O)(=O)c1cccc(C(F)(F)F)c1. The van der Waals surface area contributed by atoms with Gasteiger partial charge in [0.1, 0.15) is 11.5 Å². The maximum absolute atomic E-state index is 13.2. The number of carbonyl (C=O) groups is 1. The van der Waals surface area contributed by atoms with Crippen LogP contribution < -0.4 is 4.90 Å². The van der Waals surface area contributed by atoms with Gasteiger partial charge in [0.2, 0.25) is 5.91 Å². The van der Waals surface area contributed by atoms with Crippen LogP contribution in [0.2, 0.25) is 0 Å². The number of halogens is 6. The van der Waals surface area contributed by atoms with Crippen LogP contribution in [0, 0.1) is 5.92 Å². The molecule has 12 heteroatoms. The fraction of sp³-hybridized carbons (Fsp3) is 0.429. The number of amides is 1. The summed E-state index contributed by atoms with van der Waals surface area (Å²) in [5, 5.41) is 0. The summed E-state index contributed by atoms with van der Waals surface area (Å²) in [6, 6.07) is 6.52. The highest BCUT2D eigenvalue weighted by Crippen LogP contribution is 2.40. The van der Waals surface area contributed by atoms with Crippen molar-refractivity contribution in [3.63, 3.8) is 0 Å². The number of carbonyl (C=O) groups excluding carboxylic acids is 1. The molecule has 0 spiro atoms. The summed E-state index contributed by atoms with van der Waals surface area (Å²) < 4.78 is 103. The number of alkyl halides is 6. The van der Waals surface area contributed by atoms with Crippen LogP contribution in [0.15, 0.2) is 47.4 Å². The first-order valence-electron chi connectivity index (χ1n) is 9.81. The second kappa shape index (κ2) is 8.30. The number of rotatable bonds is 4. The predicted octanol–water partition coefficient (Wildman–Crippen LogP) is 5.11. The minimum absolute atomic E-state index is 0.0840. The molecule has 1 aromatic carbocycles. The molecule has 1 fully saturated rings. The fourth-order valence-corrected chi connectivity index (χ4v) is 5.55. The zero-order chi connectivity index (χ0) is 24.8. The van der Waals surface area contributed by atoms with E-state index in [1.165, 1.54) is 19.9 Å². The first-order valence-corrected chi connectivity index (χ1v) is 11.3. The molecule has 2 heterocycles. The van der Waals surface area contributed by atoms with Gasteiger partial charge >= 0.3 is 12.4 Å². The summed E-state index contributed by atoms with van der Waals surface area (Å²) in [5.41, 5.74) is -2.27. The Hall–Kier alpha value is -2.63. The van der Waals surface area contributed by atoms with Gasteiger partial charge in [-0.15, -0.1) is 0 Å². The predicted molar refractivity (Wildman–Crippen MR) is 107 cm³/mol. The van der Waals surface area contributed by atoms with E-state index in [4.69, 9.17) is 0 Å². The highest BCUT2D eigenvalue weighted by atomic mass is 32.2. The smallest absolute Gasteiger partial charge is 0.297 e. The van der Waals surface area contributed by atoms with Crippen molar-refractivity contribution >= 4 is 21.6 Å². The first kappa shape index (κ1) is 25.0. The van der Waals surface area contributed by atoms with Crippen LogP contribution in [0.25, 0.3) is 0 Å². The van der Waals surface area contributed by atoms with Gasteiger partial charge in [-0.1, -0.05) is 12.1 Å². The molecule has 1 atom stereocenters. The zero-order valence-electron chi connectivity index (χ0n) is 17.5. The largest absolute Gasteiger partial charge is 0.433 e. The van der Waals surface area contributed by atoms with E-state index in [0.717, 1.165) is 35.2 Å². The minimum atomic E-state index is -4.73. The Morgan fingerprint density at radius 2 is 1.61 bits per heavy atom. The summed E-state index contributed by atoms with van der Waals surface area (Å²) in [6.45, 7) is 2.58. The summed E-state index contributed by atoms with van der Waals surface area (Å²) in [7, 11) is -4.29. The maximum Gasteiger partial charge on any atom is 0.433 e. The van der Waals surface area contributed by atoms with Crippen molar-refractivity contribution in [1.29, 1.82) is 0 Å². The quantitative estimate of drug-likeness (QED) is 0.554. The number of anilines is 1. The van der Waals surface area contributed by atoms with Gasteiger partial charge < -0.3 is 0 Å². The Bertz CT molecular complexity index is 1160. The Balaban J connectivity index is 1.85. The van der Waals surface area contributed by atoms with Gasteiger partial charge in [-0.05, 0) is 56.5 Å². The number of hydrogen-bond donors (Lipinski definition) is 0. The minimum Gasteiger partial charge on any atom is -0.297 e. The fourth-order valence-electron chi connectivity index (χ4n) is 3.76. The van der Waals surface area contributed by atoms with Crippen molar-refractivity contribution in [3.8, 4) is 0 Å². The van der Waals surface area contributed by atoms with Crippen LogP contribution in [0.5, 0.6) is 0 Å². The van der Waals surface area contributed by atoms with Crippen LogP contribution in [-0.4, -0.2) is 30.6 Å². The third-order valence-electron chi connectivity index (χ3n) is 5.87. The third-order valence-corrected chi connectivity index (χ3v) is 8.47. The lowest BCUT2D eigenvalue weighted by Crippen LogP contribution is -2.49. The summed E-state index contributed by atoms with van der Waals surface area (Å²) in [5.74, 6) is -1.59. The molecule has 1 saturated heterocycles. The molecule has 0 aliphatic carbocycles. The zero-order valence-corrected chi connectivity index (χ0v) is 18.4. The van der Waals surface area contributed by atoms with E-state index >= 15 is 0 Å². The van der Waals surface area contributed by atoms with Gasteiger partial charge in [-0.25, -0.2) is 13.4 Å². The first-order chi connectivity index (χ1) is 15.0. The molecule has 1 aliphatic heterocycles. The van der Waals surface area contributed by atoms with Crippen molar-refractivity contribution in [2.45, 2.75) is 48.7 Å². The molecule has 180 valence electrons. The van der Waals surface area contributed by atoms with Gasteiger partial charge in [0.05, 0.1) is 15.2 Å². The molecule has 3 rings (SSSR count). The summed E-state index contributed by atoms with van der Waals surface area (Å²) in [6.07, 6.45) is -9.63. The van der Waals surface area contributed by atoms with Crippen molar-refractivity contribution < 1.29 is 39.6 Å². The topological polar surface area (TPSA) is 67.3 Å². The Morgan fingerprint density at radius 3 is 2.18 bits per heavy atom. The van der Waals surface area contributed by atoms with Crippen molar-refractivity contribution in [2.75, 3.05) is 11.4 Å². The molecule has 0 radical (unpaired) electrons. The van der Waals surface area contributed by atoms with Crippen LogP contribution in [0.3, 0.4) is 0 Å². The number of sulfone groups is 1. The number of piperidine rings is 1. The third kappa shape index (κ3) is 4.85. The van der Waals surface area contributed by atoms with Gasteiger partial charge in [-0.3, -0.25) is 9.69 Å². The van der Waals surface area contributed by atoms with Crippen molar-refractivity contribution in [3.05, 3.63) is 53.7 Å². The molecule has 1 unspecified atom stereocenters. The number of hydrogen-bond acceptors (Lipinski definition) is 4. The normalized spacial score (nSPS) is 18.5. The van der Waals surface area contributed by atoms with Crippen LogP contribution in [-0.2, 0) is 27.0 Å². The van der Waals surface area contributed by atoms with Gasteiger partial charge in [0.15, 0.2) is 9.84 Å². The van der Waals surface area contributed by atoms with E-state index in [0.29, 0.717) is 6.07 Å². The molecule has 0 saturated carbocycles. The molecule has 0 bridgehead atoms. The van der Waals surface area contributed by atoms with Gasteiger partial charge in [-0.2, -0.15) is 26.3 Å². The van der Waals surface area contributed by atoms with Gasteiger partial charge in [0.25, 0.3) is 0 Å². The van der Waals surface area contributed by atoms with Crippen LogP contribution in [0.1, 0.15) is 37.9 Å². The molecular weight excluding hydrogens is 474 g/mol. The maximum atomic E-state index is 13.2. The van der Waals surface area contributed by atoms with Crippen molar-refractivity contribution in [2.24, 2.45) is 5.92 Å². The number of aromatic nitrogens is 1. The summed E-state index contributed by atoms with van der Waals surface area (Å²) >= 11 is 0. The average molecular weight is 494 g/mol. The monoisotopic (exact) mass is 494 g/mol. The average Bonchev–Trinajstić information content (AvgIpc) is 2.72. The highest BCUT2D eigenvalue weighted by molar-refractivity contribution is 7.92. The Kier molecular flexibility index (Phi) is 6.29. The van der Waals surface area contributed by atoms with Gasteiger partial charge in [0, 0.05) is 13.0 Å². The number of benzene rings is 1. The number of pyridine rings is 1. The molecule has 5 nitrogen and oxygen atoms in total. The van der Waals surface area contributed by atoms with E-state index in [9.17, 15) is 39.6 Å². The lowest BCUT2D eigenvalue weighted by atomic mass is 9.85. The lowest BCUT2D eigenvalue weighted by molar-refractivity contribution is -0.141.